The summed E-state index contributed by atoms with van der Waals surface area (Å²) in [7, 11) is -3.93. The maximum absolute atomic E-state index is 13.0. The fourth-order valence-electron chi connectivity index (χ4n) is 3.33. The van der Waals surface area contributed by atoms with Crippen LogP contribution in [0, 0.1) is 20.8 Å². The summed E-state index contributed by atoms with van der Waals surface area (Å²) in [4.78, 5) is 34.7. The number of hydrogen-bond acceptors (Lipinski definition) is 7. The first-order chi connectivity index (χ1) is 16.1. The Hall–Kier alpha value is -3.76. The second kappa shape index (κ2) is 8.88. The van der Waals surface area contributed by atoms with Crippen molar-refractivity contribution in [3.63, 3.8) is 0 Å². The van der Waals surface area contributed by atoms with Crippen molar-refractivity contribution in [1.82, 2.24) is 9.97 Å². The zero-order valence-corrected chi connectivity index (χ0v) is 20.0. The largest absolute Gasteiger partial charge is 0.350 e. The van der Waals surface area contributed by atoms with Gasteiger partial charge in [-0.15, -0.1) is 0 Å². The Morgan fingerprint density at radius 3 is 2.32 bits per heavy atom. The zero-order chi connectivity index (χ0) is 24.6. The molecule has 0 fully saturated rings. The van der Waals surface area contributed by atoms with E-state index in [0.29, 0.717) is 17.1 Å². The number of amides is 2. The van der Waals surface area contributed by atoms with Crippen LogP contribution in [0.5, 0.6) is 0 Å². The molecule has 11 heteroatoms. The predicted molar refractivity (Wildman–Crippen MR) is 129 cm³/mol. The Labute approximate surface area is 201 Å². The third-order valence-corrected chi connectivity index (χ3v) is 6.78. The molecule has 1 aliphatic heterocycles. The SMILES string of the molecule is Cc1ccc(C)c(N2C(=O)C(Cl)=C(Nc3ccc(S(=O)(=O)Nc4nccc(C)n4)cc3)C2=O)c1. The van der Waals surface area contributed by atoms with Crippen LogP contribution >= 0.6 is 11.6 Å². The Bertz CT molecular complexity index is 1450. The summed E-state index contributed by atoms with van der Waals surface area (Å²) in [5.74, 6) is -1.27. The van der Waals surface area contributed by atoms with E-state index in [-0.39, 0.29) is 21.6 Å². The lowest BCUT2D eigenvalue weighted by molar-refractivity contribution is -0.120. The molecule has 0 radical (unpaired) electrons. The molecule has 0 aliphatic carbocycles. The molecular formula is C23H20ClN5O4S. The maximum atomic E-state index is 13.0. The standard InChI is InChI=1S/C23H20ClN5O4S/c1-13-4-5-14(2)18(12-13)29-21(30)19(24)20(22(29)31)27-16-6-8-17(9-7-16)34(32,33)28-23-25-11-10-15(3)26-23/h4-12,27H,1-3H3,(H,25,26,28). The molecule has 2 N–H and O–H groups in total. The molecular weight excluding hydrogens is 478 g/mol. The second-order valence-corrected chi connectivity index (χ2v) is 9.76. The second-order valence-electron chi connectivity index (χ2n) is 7.70. The number of nitrogens with zero attached hydrogens (tertiary/aromatic N) is 3. The number of nitrogens with one attached hydrogen (secondary N) is 2. The van der Waals surface area contributed by atoms with Gasteiger partial charge in [0.25, 0.3) is 21.8 Å². The summed E-state index contributed by atoms with van der Waals surface area (Å²) < 4.78 is 27.6. The van der Waals surface area contributed by atoms with Gasteiger partial charge in [0, 0.05) is 17.6 Å². The van der Waals surface area contributed by atoms with Gasteiger partial charge in [0.2, 0.25) is 5.95 Å². The van der Waals surface area contributed by atoms with Crippen LogP contribution in [0.1, 0.15) is 16.8 Å². The van der Waals surface area contributed by atoms with Crippen molar-refractivity contribution in [1.29, 1.82) is 0 Å². The van der Waals surface area contributed by atoms with Crippen molar-refractivity contribution in [3.05, 3.63) is 82.3 Å². The van der Waals surface area contributed by atoms with Gasteiger partial charge in [-0.2, -0.15) is 0 Å². The van der Waals surface area contributed by atoms with Crippen molar-refractivity contribution in [3.8, 4) is 0 Å². The third-order valence-electron chi connectivity index (χ3n) is 5.09. The lowest BCUT2D eigenvalue weighted by Crippen LogP contribution is -2.32. The highest BCUT2D eigenvalue weighted by atomic mass is 35.5. The average molecular weight is 498 g/mol. The smallest absolute Gasteiger partial charge is 0.283 e. The molecule has 174 valence electrons. The van der Waals surface area contributed by atoms with Crippen LogP contribution in [0.2, 0.25) is 0 Å². The van der Waals surface area contributed by atoms with Crippen LogP contribution in [-0.4, -0.2) is 30.2 Å². The number of halogens is 1. The molecule has 2 aromatic carbocycles. The average Bonchev–Trinajstić information content (AvgIpc) is 2.99. The Balaban J connectivity index is 1.54. The van der Waals surface area contributed by atoms with Crippen LogP contribution in [0.4, 0.5) is 17.3 Å². The van der Waals surface area contributed by atoms with Gasteiger partial charge in [0.15, 0.2) is 0 Å². The van der Waals surface area contributed by atoms with Crippen LogP contribution in [0.25, 0.3) is 0 Å². The molecule has 0 atom stereocenters. The topological polar surface area (TPSA) is 121 Å². The fourth-order valence-corrected chi connectivity index (χ4v) is 4.49. The molecule has 1 aliphatic rings. The molecule has 9 nitrogen and oxygen atoms in total. The van der Waals surface area contributed by atoms with Crippen LogP contribution in [0.3, 0.4) is 0 Å². The van der Waals surface area contributed by atoms with Gasteiger partial charge in [-0.3, -0.25) is 9.59 Å². The Morgan fingerprint density at radius 1 is 0.941 bits per heavy atom. The van der Waals surface area contributed by atoms with Crippen molar-refractivity contribution in [2.24, 2.45) is 0 Å². The lowest BCUT2D eigenvalue weighted by atomic mass is 10.1. The number of aryl methyl sites for hydroxylation is 3. The monoisotopic (exact) mass is 497 g/mol. The number of aromatic nitrogens is 2. The summed E-state index contributed by atoms with van der Waals surface area (Å²) in [6.45, 7) is 5.37. The minimum Gasteiger partial charge on any atom is -0.350 e. The summed E-state index contributed by atoms with van der Waals surface area (Å²) in [5.41, 5.74) is 2.99. The number of imide groups is 1. The van der Waals surface area contributed by atoms with Gasteiger partial charge >= 0.3 is 0 Å². The number of carbonyl (C=O) groups excluding carboxylic acids is 2. The summed E-state index contributed by atoms with van der Waals surface area (Å²) >= 11 is 6.20. The van der Waals surface area contributed by atoms with E-state index < -0.39 is 21.8 Å². The zero-order valence-electron chi connectivity index (χ0n) is 18.5. The molecule has 2 amide bonds. The van der Waals surface area contributed by atoms with Crippen molar-refractivity contribution in [2.75, 3.05) is 14.9 Å². The molecule has 3 aromatic rings. The molecule has 0 saturated heterocycles. The molecule has 0 saturated carbocycles. The van der Waals surface area contributed by atoms with Gasteiger partial charge < -0.3 is 5.32 Å². The van der Waals surface area contributed by atoms with Gasteiger partial charge in [0.1, 0.15) is 10.7 Å². The number of rotatable bonds is 6. The first-order valence-electron chi connectivity index (χ1n) is 10.1. The number of benzene rings is 2. The first-order valence-corrected chi connectivity index (χ1v) is 12.0. The quantitative estimate of drug-likeness (QED) is 0.498. The molecule has 0 unspecified atom stereocenters. The lowest BCUT2D eigenvalue weighted by Gasteiger charge is -2.18. The van der Waals surface area contributed by atoms with E-state index in [1.807, 2.05) is 19.1 Å². The number of carbonyl (C=O) groups is 2. The highest BCUT2D eigenvalue weighted by molar-refractivity contribution is 7.92. The van der Waals surface area contributed by atoms with Crippen molar-refractivity contribution >= 4 is 50.8 Å². The number of anilines is 3. The van der Waals surface area contributed by atoms with E-state index in [4.69, 9.17) is 11.6 Å². The molecule has 0 bridgehead atoms. The third kappa shape index (κ3) is 4.50. The van der Waals surface area contributed by atoms with Gasteiger partial charge in [-0.05, 0) is 68.3 Å². The van der Waals surface area contributed by atoms with E-state index in [1.165, 1.54) is 30.5 Å². The van der Waals surface area contributed by atoms with Crippen molar-refractivity contribution in [2.45, 2.75) is 25.7 Å². The number of sulfonamides is 1. The Morgan fingerprint density at radius 2 is 1.65 bits per heavy atom. The highest BCUT2D eigenvalue weighted by Crippen LogP contribution is 2.32. The van der Waals surface area contributed by atoms with E-state index in [2.05, 4.69) is 20.0 Å². The predicted octanol–water partition coefficient (Wildman–Crippen LogP) is 3.64. The summed E-state index contributed by atoms with van der Waals surface area (Å²) in [5, 5.41) is 2.59. The molecule has 0 spiro atoms. The van der Waals surface area contributed by atoms with Crippen LogP contribution in [0.15, 0.2) is 70.4 Å². The first kappa shape index (κ1) is 23.4. The Kier molecular flexibility index (Phi) is 6.11. The molecule has 1 aromatic heterocycles. The molecule has 4 rings (SSSR count). The molecule has 2 heterocycles. The normalized spacial score (nSPS) is 14.1. The minimum absolute atomic E-state index is 0.0333. The van der Waals surface area contributed by atoms with Crippen molar-refractivity contribution < 1.29 is 18.0 Å². The maximum Gasteiger partial charge on any atom is 0.283 e. The fraction of sp³-hybridized carbons (Fsp3) is 0.130. The van der Waals surface area contributed by atoms with E-state index in [1.54, 1.807) is 26.0 Å². The summed E-state index contributed by atoms with van der Waals surface area (Å²) in [6, 6.07) is 12.7. The van der Waals surface area contributed by atoms with Crippen LogP contribution < -0.4 is 14.9 Å². The molecule has 34 heavy (non-hydrogen) atoms. The summed E-state index contributed by atoms with van der Waals surface area (Å²) in [6.07, 6.45) is 1.45. The number of hydrogen-bond donors (Lipinski definition) is 2. The van der Waals surface area contributed by atoms with Crippen LogP contribution in [-0.2, 0) is 19.6 Å². The minimum atomic E-state index is -3.93. The van der Waals surface area contributed by atoms with E-state index >= 15 is 0 Å². The van der Waals surface area contributed by atoms with E-state index in [0.717, 1.165) is 16.0 Å². The van der Waals surface area contributed by atoms with E-state index in [9.17, 15) is 18.0 Å². The van der Waals surface area contributed by atoms with Gasteiger partial charge in [-0.25, -0.2) is 28.0 Å². The van der Waals surface area contributed by atoms with Gasteiger partial charge in [0.05, 0.1) is 10.6 Å². The highest BCUT2D eigenvalue weighted by Gasteiger charge is 2.39. The van der Waals surface area contributed by atoms with Gasteiger partial charge in [-0.1, -0.05) is 23.7 Å².